The van der Waals surface area contributed by atoms with Crippen LogP contribution in [0.4, 0.5) is 0 Å². The van der Waals surface area contributed by atoms with Crippen LogP contribution in [0.3, 0.4) is 0 Å². The molecule has 128 valence electrons. The van der Waals surface area contributed by atoms with E-state index in [2.05, 4.69) is 30.1 Å². The van der Waals surface area contributed by atoms with Crippen molar-refractivity contribution in [2.45, 2.75) is 45.6 Å². The van der Waals surface area contributed by atoms with Crippen LogP contribution in [0.1, 0.15) is 51.1 Å². The zero-order chi connectivity index (χ0) is 16.7. The third-order valence-electron chi connectivity index (χ3n) is 4.42. The lowest BCUT2D eigenvalue weighted by molar-refractivity contribution is -0.122. The topological polar surface area (TPSA) is 41.6 Å². The van der Waals surface area contributed by atoms with E-state index in [1.807, 2.05) is 18.2 Å². The number of methoxy groups -OCH3 is 1. The summed E-state index contributed by atoms with van der Waals surface area (Å²) in [5.74, 6) is 1.42. The van der Waals surface area contributed by atoms with Crippen LogP contribution < -0.4 is 10.1 Å². The van der Waals surface area contributed by atoms with Crippen molar-refractivity contribution in [2.24, 2.45) is 5.92 Å². The SMILES string of the molecule is COc1ccccc1C(CNC(=O)CC(C)C)N1CCCCC1. The first-order valence-corrected chi connectivity index (χ1v) is 8.75. The van der Waals surface area contributed by atoms with Crippen LogP contribution in [0.2, 0.25) is 0 Å². The van der Waals surface area contributed by atoms with Gasteiger partial charge < -0.3 is 10.1 Å². The fraction of sp³-hybridized carbons (Fsp3) is 0.632. The van der Waals surface area contributed by atoms with Crippen LogP contribution >= 0.6 is 0 Å². The van der Waals surface area contributed by atoms with E-state index in [-0.39, 0.29) is 11.9 Å². The van der Waals surface area contributed by atoms with Crippen molar-refractivity contribution in [2.75, 3.05) is 26.7 Å². The summed E-state index contributed by atoms with van der Waals surface area (Å²) in [5.41, 5.74) is 1.17. The molecule has 1 aliphatic rings. The van der Waals surface area contributed by atoms with E-state index in [0.717, 1.165) is 18.8 Å². The molecule has 1 fully saturated rings. The van der Waals surface area contributed by atoms with E-state index < -0.39 is 0 Å². The highest BCUT2D eigenvalue weighted by Crippen LogP contribution is 2.30. The first-order chi connectivity index (χ1) is 11.1. The standard InChI is InChI=1S/C19H30N2O2/c1-15(2)13-19(22)20-14-17(21-11-7-4-8-12-21)16-9-5-6-10-18(16)23-3/h5-6,9-10,15,17H,4,7-8,11-14H2,1-3H3,(H,20,22). The maximum atomic E-state index is 12.1. The van der Waals surface area contributed by atoms with Gasteiger partial charge in [-0.3, -0.25) is 9.69 Å². The minimum Gasteiger partial charge on any atom is -0.496 e. The smallest absolute Gasteiger partial charge is 0.220 e. The summed E-state index contributed by atoms with van der Waals surface area (Å²) >= 11 is 0. The van der Waals surface area contributed by atoms with Crippen molar-refractivity contribution in [1.82, 2.24) is 10.2 Å². The lowest BCUT2D eigenvalue weighted by atomic mass is 10.0. The molecule has 1 aromatic carbocycles. The highest BCUT2D eigenvalue weighted by molar-refractivity contribution is 5.76. The number of amides is 1. The Morgan fingerprint density at radius 3 is 2.57 bits per heavy atom. The molecule has 0 saturated carbocycles. The number of ether oxygens (including phenoxy) is 1. The number of rotatable bonds is 7. The van der Waals surface area contributed by atoms with Crippen molar-refractivity contribution in [3.8, 4) is 5.75 Å². The van der Waals surface area contributed by atoms with E-state index >= 15 is 0 Å². The van der Waals surface area contributed by atoms with Crippen LogP contribution in [-0.4, -0.2) is 37.6 Å². The van der Waals surface area contributed by atoms with Gasteiger partial charge in [-0.05, 0) is 37.9 Å². The predicted octanol–water partition coefficient (Wildman–Crippen LogP) is 3.38. The molecule has 0 bridgehead atoms. The van der Waals surface area contributed by atoms with Gasteiger partial charge in [-0.1, -0.05) is 38.5 Å². The highest BCUT2D eigenvalue weighted by Gasteiger charge is 2.25. The monoisotopic (exact) mass is 318 g/mol. The summed E-state index contributed by atoms with van der Waals surface area (Å²) < 4.78 is 5.55. The Morgan fingerprint density at radius 1 is 1.22 bits per heavy atom. The minimum absolute atomic E-state index is 0.136. The molecule has 23 heavy (non-hydrogen) atoms. The molecule has 0 aliphatic carbocycles. The molecule has 1 heterocycles. The minimum atomic E-state index is 0.136. The quantitative estimate of drug-likeness (QED) is 0.838. The van der Waals surface area contributed by atoms with E-state index in [4.69, 9.17) is 4.74 Å². The number of hydrogen-bond acceptors (Lipinski definition) is 3. The average Bonchev–Trinajstić information content (AvgIpc) is 2.56. The van der Waals surface area contributed by atoms with Crippen molar-refractivity contribution >= 4 is 5.91 Å². The summed E-state index contributed by atoms with van der Waals surface area (Å²) in [6.07, 6.45) is 4.34. The van der Waals surface area contributed by atoms with Gasteiger partial charge in [-0.2, -0.15) is 0 Å². The molecule has 1 N–H and O–H groups in total. The summed E-state index contributed by atoms with van der Waals surface area (Å²) in [6.45, 7) is 6.96. The van der Waals surface area contributed by atoms with Crippen molar-refractivity contribution in [3.63, 3.8) is 0 Å². The highest BCUT2D eigenvalue weighted by atomic mass is 16.5. The van der Waals surface area contributed by atoms with E-state index in [1.165, 1.54) is 24.8 Å². The van der Waals surface area contributed by atoms with Crippen molar-refractivity contribution < 1.29 is 9.53 Å². The second kappa shape index (κ2) is 8.92. The van der Waals surface area contributed by atoms with Crippen LogP contribution in [0, 0.1) is 5.92 Å². The number of nitrogens with one attached hydrogen (secondary N) is 1. The van der Waals surface area contributed by atoms with E-state index in [9.17, 15) is 4.79 Å². The number of hydrogen-bond donors (Lipinski definition) is 1. The number of benzene rings is 1. The fourth-order valence-corrected chi connectivity index (χ4v) is 3.26. The van der Waals surface area contributed by atoms with E-state index in [1.54, 1.807) is 7.11 Å². The first-order valence-electron chi connectivity index (χ1n) is 8.75. The van der Waals surface area contributed by atoms with Crippen molar-refractivity contribution in [3.05, 3.63) is 29.8 Å². The molecular weight excluding hydrogens is 288 g/mol. The molecule has 1 aliphatic heterocycles. The first kappa shape index (κ1) is 17.8. The van der Waals surface area contributed by atoms with Gasteiger partial charge in [0.25, 0.3) is 0 Å². The molecule has 2 rings (SSSR count). The van der Waals surface area contributed by atoms with E-state index in [0.29, 0.717) is 18.9 Å². The van der Waals surface area contributed by atoms with Crippen LogP contribution in [0.15, 0.2) is 24.3 Å². The van der Waals surface area contributed by atoms with Gasteiger partial charge in [0.05, 0.1) is 13.2 Å². The van der Waals surface area contributed by atoms with Gasteiger partial charge >= 0.3 is 0 Å². The van der Waals surface area contributed by atoms with Gasteiger partial charge in [0, 0.05) is 18.5 Å². The summed E-state index contributed by atoms with van der Waals surface area (Å²) in [5, 5.41) is 3.13. The Balaban J connectivity index is 2.13. The lowest BCUT2D eigenvalue weighted by Gasteiger charge is -2.35. The maximum absolute atomic E-state index is 12.1. The molecule has 0 radical (unpaired) electrons. The van der Waals surface area contributed by atoms with Gasteiger partial charge in [-0.25, -0.2) is 0 Å². The average molecular weight is 318 g/mol. The van der Waals surface area contributed by atoms with Crippen LogP contribution in [-0.2, 0) is 4.79 Å². The Labute approximate surface area is 140 Å². The van der Waals surface area contributed by atoms with Gasteiger partial charge in [0.15, 0.2) is 0 Å². The predicted molar refractivity (Wildman–Crippen MR) is 93.6 cm³/mol. The summed E-state index contributed by atoms with van der Waals surface area (Å²) in [7, 11) is 1.71. The normalized spacial score (nSPS) is 17.0. The Kier molecular flexibility index (Phi) is 6.90. The molecule has 1 unspecified atom stereocenters. The number of likely N-dealkylation sites (tertiary alicyclic amines) is 1. The molecule has 1 aromatic rings. The number of carbonyl (C=O) groups is 1. The summed E-state index contributed by atoms with van der Waals surface area (Å²) in [6, 6.07) is 8.34. The molecule has 1 atom stereocenters. The third-order valence-corrected chi connectivity index (χ3v) is 4.42. The Bertz CT molecular complexity index is 496. The molecule has 4 heteroatoms. The molecule has 0 spiro atoms. The summed E-state index contributed by atoms with van der Waals surface area (Å²) in [4.78, 5) is 14.5. The van der Waals surface area contributed by atoms with Crippen molar-refractivity contribution in [1.29, 1.82) is 0 Å². The second-order valence-electron chi connectivity index (χ2n) is 6.76. The van der Waals surface area contributed by atoms with Crippen LogP contribution in [0.5, 0.6) is 5.75 Å². The van der Waals surface area contributed by atoms with Crippen LogP contribution in [0.25, 0.3) is 0 Å². The molecular formula is C19H30N2O2. The second-order valence-corrected chi connectivity index (χ2v) is 6.76. The number of carbonyl (C=O) groups excluding carboxylic acids is 1. The molecule has 1 amide bonds. The van der Waals surface area contributed by atoms with Gasteiger partial charge in [0.2, 0.25) is 5.91 Å². The molecule has 0 aromatic heterocycles. The Hall–Kier alpha value is -1.55. The maximum Gasteiger partial charge on any atom is 0.220 e. The zero-order valence-corrected chi connectivity index (χ0v) is 14.7. The number of nitrogens with zero attached hydrogens (tertiary/aromatic N) is 1. The third kappa shape index (κ3) is 5.24. The molecule has 1 saturated heterocycles. The number of piperidine rings is 1. The zero-order valence-electron chi connectivity index (χ0n) is 14.7. The van der Waals surface area contributed by atoms with Gasteiger partial charge in [0.1, 0.15) is 5.75 Å². The Morgan fingerprint density at radius 2 is 1.91 bits per heavy atom. The molecule has 4 nitrogen and oxygen atoms in total. The number of para-hydroxylation sites is 1. The largest absolute Gasteiger partial charge is 0.496 e. The lowest BCUT2D eigenvalue weighted by Crippen LogP contribution is -2.41. The fourth-order valence-electron chi connectivity index (χ4n) is 3.26. The van der Waals surface area contributed by atoms with Gasteiger partial charge in [-0.15, -0.1) is 0 Å².